The Balaban J connectivity index is 1.61. The summed E-state index contributed by atoms with van der Waals surface area (Å²) in [5, 5.41) is 3.02. The van der Waals surface area contributed by atoms with Crippen LogP contribution in [-0.4, -0.2) is 9.52 Å². The number of fused-ring (bicyclic) bond motifs is 4. The van der Waals surface area contributed by atoms with Gasteiger partial charge in [0.1, 0.15) is 0 Å². The van der Waals surface area contributed by atoms with E-state index >= 15 is 0 Å². The predicted molar refractivity (Wildman–Crippen MR) is 209 cm³/mol. The fourth-order valence-electron chi connectivity index (χ4n) is 7.74. The molecule has 6 rings (SSSR count). The molecule has 0 bridgehead atoms. The molecular weight excluding hydrogens is 707 g/mol. The summed E-state index contributed by atoms with van der Waals surface area (Å²) in [5.74, 6) is 0. The molecule has 0 radical (unpaired) electrons. The molecule has 2 aliphatic rings. The molecule has 1 unspecified atom stereocenters. The van der Waals surface area contributed by atoms with E-state index < -0.39 is 27.4 Å². The minimum absolute atomic E-state index is 0.0283. The first-order valence-electron chi connectivity index (χ1n) is 17.6. The fraction of sp³-hybridized carbons (Fsp3) is 0.395. The number of unbranched alkanes of at least 4 members (excludes halogenated alkanes) is 1. The monoisotopic (exact) mass is 756 g/mol. The van der Waals surface area contributed by atoms with Crippen molar-refractivity contribution in [3.05, 3.63) is 106 Å². The van der Waals surface area contributed by atoms with E-state index in [4.69, 9.17) is 17.0 Å². The van der Waals surface area contributed by atoms with Crippen molar-refractivity contribution in [2.24, 2.45) is 0 Å². The van der Waals surface area contributed by atoms with Gasteiger partial charge < -0.3 is 0 Å². The first kappa shape index (κ1) is 35.1. The molecule has 0 nitrogen and oxygen atoms in total. The molecule has 246 valence electrons. The Kier molecular flexibility index (Phi) is 9.39. The number of benzene rings is 4. The second kappa shape index (κ2) is 12.6. The maximum absolute atomic E-state index is 8.05. The molecule has 0 saturated carbocycles. The number of rotatable bonds is 6. The Hall–Kier alpha value is -1.70. The third-order valence-corrected chi connectivity index (χ3v) is 24.8. The van der Waals surface area contributed by atoms with Gasteiger partial charge in [0.25, 0.3) is 0 Å². The molecule has 0 saturated heterocycles. The van der Waals surface area contributed by atoms with E-state index in [1.165, 1.54) is 69.3 Å². The van der Waals surface area contributed by atoms with Crippen molar-refractivity contribution in [2.45, 2.75) is 108 Å². The van der Waals surface area contributed by atoms with Crippen LogP contribution in [0.3, 0.4) is 0 Å². The number of hydrogen-bond acceptors (Lipinski definition) is 0. The van der Waals surface area contributed by atoms with Gasteiger partial charge in [-0.05, 0) is 0 Å². The van der Waals surface area contributed by atoms with Crippen LogP contribution < -0.4 is 13.6 Å². The van der Waals surface area contributed by atoms with Crippen LogP contribution in [0.5, 0.6) is 0 Å². The van der Waals surface area contributed by atoms with E-state index in [0.717, 1.165) is 19.3 Å². The Bertz CT molecular complexity index is 1850. The Morgan fingerprint density at radius 3 is 1.98 bits per heavy atom. The summed E-state index contributed by atoms with van der Waals surface area (Å²) in [6.45, 7) is 23.4. The zero-order chi connectivity index (χ0) is 34.1. The molecule has 1 aliphatic carbocycles. The standard InChI is InChI=1S/C31H43.C12H9Si.2ClH.Zr/c1-11-12-13-21-16-22-14-15-27(31(8,9)10)28(26(22)17-21)23-18-24(29(2,3)4)20-25(19-23)30(5,6)7;1-3-7-11-9(5-1)10-6-2-4-8-12(10)13-11;;;/h14-20H,11-13H2,1-10H3;1-7H,13H2;2*1H;/q;;;;+2/p-2. The van der Waals surface area contributed by atoms with Crippen LogP contribution in [0.25, 0.3) is 28.3 Å². The second-order valence-corrected chi connectivity index (χ2v) is 32.9. The molecule has 4 aromatic rings. The van der Waals surface area contributed by atoms with Crippen molar-refractivity contribution in [1.29, 1.82) is 0 Å². The topological polar surface area (TPSA) is 0 Å². The van der Waals surface area contributed by atoms with Gasteiger partial charge in [-0.25, -0.2) is 0 Å². The van der Waals surface area contributed by atoms with Crippen LogP contribution in [0, 0.1) is 0 Å². The number of halogens is 2. The summed E-state index contributed by atoms with van der Waals surface area (Å²) in [7, 11) is 15.5. The average molecular weight is 759 g/mol. The molecule has 1 heterocycles. The zero-order valence-corrected chi connectivity index (χ0v) is 35.6. The molecule has 1 aliphatic heterocycles. The third-order valence-electron chi connectivity index (χ3n) is 10.4. The summed E-state index contributed by atoms with van der Waals surface area (Å²) in [5.41, 5.74) is 13.8. The Morgan fingerprint density at radius 2 is 1.36 bits per heavy atom. The van der Waals surface area contributed by atoms with Gasteiger partial charge in [-0.15, -0.1) is 0 Å². The van der Waals surface area contributed by atoms with Crippen LogP contribution in [0.1, 0.15) is 120 Å². The van der Waals surface area contributed by atoms with Gasteiger partial charge in [-0.2, -0.15) is 0 Å². The van der Waals surface area contributed by atoms with Crippen LogP contribution in [-0.2, 0) is 34.1 Å². The van der Waals surface area contributed by atoms with Gasteiger partial charge in [0.2, 0.25) is 0 Å². The minimum atomic E-state index is -4.08. The van der Waals surface area contributed by atoms with E-state index in [1.54, 1.807) is 0 Å². The summed E-state index contributed by atoms with van der Waals surface area (Å²) in [6.07, 6.45) is 5.88. The van der Waals surface area contributed by atoms with Crippen molar-refractivity contribution in [2.75, 3.05) is 0 Å². The Morgan fingerprint density at radius 1 is 0.723 bits per heavy atom. The van der Waals surface area contributed by atoms with E-state index in [9.17, 15) is 0 Å². The molecule has 0 fully saturated rings. The van der Waals surface area contributed by atoms with Crippen molar-refractivity contribution >= 4 is 46.3 Å². The van der Waals surface area contributed by atoms with Crippen LogP contribution in [0.4, 0.5) is 0 Å². The van der Waals surface area contributed by atoms with E-state index in [1.807, 2.05) is 0 Å². The fourth-order valence-corrected chi connectivity index (χ4v) is 24.6. The van der Waals surface area contributed by atoms with E-state index in [0.29, 0.717) is 0 Å². The SMILES string of the molecule is CCCCC1=Cc2c(ccc(C(C)(C)C)c2-c2cc(C(C)(C)C)cc(C(C)(C)C)c2)[CH]1[Zr]([Cl])([Cl])[c]1cccc2c1[SiH2]c1ccccc1-2. The van der Waals surface area contributed by atoms with Gasteiger partial charge >= 0.3 is 301 Å². The molecule has 0 aromatic heterocycles. The van der Waals surface area contributed by atoms with Gasteiger partial charge in [0.05, 0.1) is 0 Å². The average Bonchev–Trinajstić information content (AvgIpc) is 3.56. The molecular formula is C43H52Cl2SiZr. The first-order valence-corrected chi connectivity index (χ1v) is 27.9. The predicted octanol–water partition coefficient (Wildman–Crippen LogP) is 10.8. The molecule has 4 heteroatoms. The molecule has 1 atom stereocenters. The van der Waals surface area contributed by atoms with Crippen molar-refractivity contribution in [3.63, 3.8) is 0 Å². The molecule has 4 aromatic carbocycles. The summed E-state index contributed by atoms with van der Waals surface area (Å²) in [6, 6.07) is 28.0. The van der Waals surface area contributed by atoms with Gasteiger partial charge in [-0.3, -0.25) is 0 Å². The van der Waals surface area contributed by atoms with Crippen molar-refractivity contribution in [3.8, 4) is 22.3 Å². The zero-order valence-electron chi connectivity index (χ0n) is 30.2. The van der Waals surface area contributed by atoms with E-state index in [-0.39, 0.29) is 19.9 Å². The van der Waals surface area contributed by atoms with Crippen molar-refractivity contribution < 1.29 is 17.9 Å². The normalized spacial score (nSPS) is 16.7. The van der Waals surface area contributed by atoms with Gasteiger partial charge in [0, 0.05) is 0 Å². The maximum atomic E-state index is 8.05. The molecule has 47 heavy (non-hydrogen) atoms. The van der Waals surface area contributed by atoms with Crippen LogP contribution in [0.2, 0.25) is 0 Å². The quantitative estimate of drug-likeness (QED) is 0.151. The van der Waals surface area contributed by atoms with Crippen LogP contribution >= 0.6 is 17.0 Å². The Labute approximate surface area is 298 Å². The summed E-state index contributed by atoms with van der Waals surface area (Å²) in [4.78, 5) is 0. The molecule has 0 spiro atoms. The summed E-state index contributed by atoms with van der Waals surface area (Å²) < 4.78 is 1.41. The summed E-state index contributed by atoms with van der Waals surface area (Å²) >= 11 is -4.08. The number of hydrogen-bond donors (Lipinski definition) is 0. The molecule has 0 amide bonds. The second-order valence-electron chi connectivity index (χ2n) is 17.1. The molecule has 0 N–H and O–H groups in total. The number of allylic oxidation sites excluding steroid dienone is 1. The third kappa shape index (κ3) is 6.52. The van der Waals surface area contributed by atoms with Crippen molar-refractivity contribution in [1.82, 2.24) is 0 Å². The van der Waals surface area contributed by atoms with Gasteiger partial charge in [-0.1, -0.05) is 0 Å². The van der Waals surface area contributed by atoms with Crippen LogP contribution in [0.15, 0.2) is 78.4 Å². The van der Waals surface area contributed by atoms with E-state index in [2.05, 4.69) is 148 Å². The van der Waals surface area contributed by atoms with Gasteiger partial charge in [0.15, 0.2) is 0 Å². The first-order chi connectivity index (χ1) is 21.9.